The van der Waals surface area contributed by atoms with Crippen LogP contribution < -0.4 is 10.6 Å². The van der Waals surface area contributed by atoms with Gasteiger partial charge in [-0.15, -0.1) is 0 Å². The van der Waals surface area contributed by atoms with Crippen molar-refractivity contribution in [2.75, 3.05) is 13.2 Å². The van der Waals surface area contributed by atoms with Crippen LogP contribution in [0.15, 0.2) is 28.7 Å². The molecule has 2 aromatic rings. The van der Waals surface area contributed by atoms with Gasteiger partial charge in [0.25, 0.3) is 5.91 Å². The first kappa shape index (κ1) is 17.8. The van der Waals surface area contributed by atoms with E-state index >= 15 is 0 Å². The van der Waals surface area contributed by atoms with E-state index in [0.29, 0.717) is 22.5 Å². The minimum Gasteiger partial charge on any atom is -0.450 e. The van der Waals surface area contributed by atoms with Crippen molar-refractivity contribution in [2.24, 2.45) is 0 Å². The van der Waals surface area contributed by atoms with Crippen molar-refractivity contribution in [3.05, 3.63) is 35.0 Å². The maximum absolute atomic E-state index is 11.9. The van der Waals surface area contributed by atoms with E-state index in [1.807, 2.05) is 0 Å². The number of rotatable bonds is 6. The molecule has 0 aliphatic rings. The Hall–Kier alpha value is -2.54. The summed E-state index contributed by atoms with van der Waals surface area (Å²) in [5.41, 5.74) is 0.487. The van der Waals surface area contributed by atoms with Crippen LogP contribution in [-0.2, 0) is 14.3 Å². The summed E-state index contributed by atoms with van der Waals surface area (Å²) in [6.07, 6.45) is 0. The minimum atomic E-state index is -0.775. The van der Waals surface area contributed by atoms with Crippen molar-refractivity contribution in [2.45, 2.75) is 19.9 Å². The Labute approximate surface area is 143 Å². The molecule has 0 saturated carbocycles. The number of amides is 2. The third-order valence-electron chi connectivity index (χ3n) is 3.14. The Morgan fingerprint density at radius 2 is 2.04 bits per heavy atom. The van der Waals surface area contributed by atoms with Crippen molar-refractivity contribution in [1.82, 2.24) is 10.6 Å². The molecule has 128 valence electrons. The quantitative estimate of drug-likeness (QED) is 0.774. The highest BCUT2D eigenvalue weighted by atomic mass is 35.5. The third-order valence-corrected chi connectivity index (χ3v) is 3.37. The molecule has 2 rings (SSSR count). The SMILES string of the molecule is CCNC(=O)[C@H](C)NC(=O)COC(=O)c1cc2cc(Cl)ccc2o1. The summed E-state index contributed by atoms with van der Waals surface area (Å²) in [7, 11) is 0. The van der Waals surface area contributed by atoms with Crippen molar-refractivity contribution in [3.63, 3.8) is 0 Å². The molecule has 1 aromatic heterocycles. The van der Waals surface area contributed by atoms with Gasteiger partial charge < -0.3 is 19.8 Å². The number of nitrogens with one attached hydrogen (secondary N) is 2. The molecule has 2 amide bonds. The monoisotopic (exact) mass is 352 g/mol. The average molecular weight is 353 g/mol. The van der Waals surface area contributed by atoms with Gasteiger partial charge in [-0.3, -0.25) is 9.59 Å². The molecule has 0 unspecified atom stereocenters. The molecule has 7 nitrogen and oxygen atoms in total. The van der Waals surface area contributed by atoms with Crippen LogP contribution >= 0.6 is 11.6 Å². The molecule has 2 N–H and O–H groups in total. The van der Waals surface area contributed by atoms with Crippen LogP contribution in [0.25, 0.3) is 11.0 Å². The Bertz CT molecular complexity index is 771. The van der Waals surface area contributed by atoms with Crippen molar-refractivity contribution >= 4 is 40.4 Å². The van der Waals surface area contributed by atoms with E-state index in [-0.39, 0.29) is 11.7 Å². The smallest absolute Gasteiger partial charge is 0.374 e. The zero-order chi connectivity index (χ0) is 17.7. The number of hydrogen-bond donors (Lipinski definition) is 2. The Balaban J connectivity index is 1.89. The second-order valence-corrected chi connectivity index (χ2v) is 5.49. The zero-order valence-electron chi connectivity index (χ0n) is 13.2. The molecular formula is C16H17ClN2O5. The zero-order valence-corrected chi connectivity index (χ0v) is 14.0. The van der Waals surface area contributed by atoms with Crippen LogP contribution in [0.2, 0.25) is 5.02 Å². The highest BCUT2D eigenvalue weighted by Crippen LogP contribution is 2.23. The Kier molecular flexibility index (Phi) is 5.81. The van der Waals surface area contributed by atoms with E-state index in [2.05, 4.69) is 10.6 Å². The van der Waals surface area contributed by atoms with Crippen LogP contribution in [0.4, 0.5) is 0 Å². The maximum Gasteiger partial charge on any atom is 0.374 e. The first-order chi connectivity index (χ1) is 11.4. The number of carbonyl (C=O) groups is 3. The Morgan fingerprint density at radius 3 is 2.75 bits per heavy atom. The number of ether oxygens (including phenoxy) is 1. The molecule has 1 aromatic carbocycles. The molecule has 0 radical (unpaired) electrons. The van der Waals surface area contributed by atoms with E-state index in [9.17, 15) is 14.4 Å². The number of hydrogen-bond acceptors (Lipinski definition) is 5. The fourth-order valence-electron chi connectivity index (χ4n) is 1.99. The number of halogens is 1. The summed E-state index contributed by atoms with van der Waals surface area (Å²) in [4.78, 5) is 35.1. The summed E-state index contributed by atoms with van der Waals surface area (Å²) >= 11 is 5.86. The second-order valence-electron chi connectivity index (χ2n) is 5.05. The average Bonchev–Trinajstić information content (AvgIpc) is 2.95. The maximum atomic E-state index is 11.9. The predicted molar refractivity (Wildman–Crippen MR) is 87.8 cm³/mol. The molecule has 0 aliphatic carbocycles. The van der Waals surface area contributed by atoms with Gasteiger partial charge in [0.15, 0.2) is 6.61 Å². The number of carbonyl (C=O) groups excluding carboxylic acids is 3. The molecule has 8 heteroatoms. The second kappa shape index (κ2) is 7.83. The van der Waals surface area contributed by atoms with Gasteiger partial charge in [0.2, 0.25) is 11.7 Å². The third kappa shape index (κ3) is 4.48. The van der Waals surface area contributed by atoms with E-state index in [0.717, 1.165) is 0 Å². The van der Waals surface area contributed by atoms with Crippen LogP contribution in [0.5, 0.6) is 0 Å². The van der Waals surface area contributed by atoms with Crippen molar-refractivity contribution < 1.29 is 23.5 Å². The molecular weight excluding hydrogens is 336 g/mol. The van der Waals surface area contributed by atoms with Gasteiger partial charge in [0.05, 0.1) is 0 Å². The largest absolute Gasteiger partial charge is 0.450 e. The van der Waals surface area contributed by atoms with Crippen molar-refractivity contribution in [3.8, 4) is 0 Å². The Morgan fingerprint density at radius 1 is 1.29 bits per heavy atom. The number of benzene rings is 1. The number of likely N-dealkylation sites (N-methyl/N-ethyl adjacent to an activating group) is 1. The van der Waals surface area contributed by atoms with Gasteiger partial charge in [-0.1, -0.05) is 11.6 Å². The molecule has 0 bridgehead atoms. The highest BCUT2D eigenvalue weighted by molar-refractivity contribution is 6.31. The molecule has 1 atom stereocenters. The fourth-order valence-corrected chi connectivity index (χ4v) is 2.17. The van der Waals surface area contributed by atoms with E-state index in [4.69, 9.17) is 20.8 Å². The number of esters is 1. The molecule has 0 fully saturated rings. The summed E-state index contributed by atoms with van der Waals surface area (Å²) in [6.45, 7) is 3.26. The molecule has 24 heavy (non-hydrogen) atoms. The normalized spacial score (nSPS) is 11.8. The highest BCUT2D eigenvalue weighted by Gasteiger charge is 2.18. The first-order valence-electron chi connectivity index (χ1n) is 7.34. The lowest BCUT2D eigenvalue weighted by atomic mass is 10.2. The van der Waals surface area contributed by atoms with E-state index in [1.54, 1.807) is 25.1 Å². The minimum absolute atomic E-state index is 0.0307. The summed E-state index contributed by atoms with van der Waals surface area (Å²) in [6, 6.07) is 5.69. The van der Waals surface area contributed by atoms with Gasteiger partial charge in [-0.2, -0.15) is 0 Å². The van der Waals surface area contributed by atoms with Crippen molar-refractivity contribution in [1.29, 1.82) is 0 Å². The lowest BCUT2D eigenvalue weighted by Crippen LogP contribution is -2.46. The van der Waals surface area contributed by atoms with Gasteiger partial charge in [0.1, 0.15) is 11.6 Å². The van der Waals surface area contributed by atoms with E-state index < -0.39 is 24.5 Å². The van der Waals surface area contributed by atoms with Crippen LogP contribution in [-0.4, -0.2) is 37.0 Å². The standard InChI is InChI=1S/C16H17ClN2O5/c1-3-18-15(21)9(2)19-14(20)8-23-16(22)13-7-10-6-11(17)4-5-12(10)24-13/h4-7,9H,3,8H2,1-2H3,(H,18,21)(H,19,20)/t9-/m0/s1. The number of fused-ring (bicyclic) bond motifs is 1. The topological polar surface area (TPSA) is 97.6 Å². The molecule has 0 saturated heterocycles. The lowest BCUT2D eigenvalue weighted by Gasteiger charge is -2.13. The summed E-state index contributed by atoms with van der Waals surface area (Å²) in [5.74, 6) is -1.70. The molecule has 0 aliphatic heterocycles. The van der Waals surface area contributed by atoms with Gasteiger partial charge >= 0.3 is 5.97 Å². The first-order valence-corrected chi connectivity index (χ1v) is 7.71. The summed E-state index contributed by atoms with van der Waals surface area (Å²) < 4.78 is 10.2. The summed E-state index contributed by atoms with van der Waals surface area (Å²) in [5, 5.41) is 6.17. The molecule has 1 heterocycles. The van der Waals surface area contributed by atoms with Crippen LogP contribution in [0, 0.1) is 0 Å². The lowest BCUT2D eigenvalue weighted by molar-refractivity contribution is -0.130. The van der Waals surface area contributed by atoms with E-state index in [1.165, 1.54) is 13.0 Å². The van der Waals surface area contributed by atoms with Gasteiger partial charge in [-0.05, 0) is 38.1 Å². The fraction of sp³-hybridized carbons (Fsp3) is 0.312. The predicted octanol–water partition coefficient (Wildman–Crippen LogP) is 1.88. The molecule has 0 spiro atoms. The van der Waals surface area contributed by atoms with Gasteiger partial charge in [-0.25, -0.2) is 4.79 Å². The van der Waals surface area contributed by atoms with Crippen LogP contribution in [0.1, 0.15) is 24.4 Å². The van der Waals surface area contributed by atoms with Crippen LogP contribution in [0.3, 0.4) is 0 Å². The number of furan rings is 1. The van der Waals surface area contributed by atoms with Gasteiger partial charge in [0, 0.05) is 17.0 Å².